The van der Waals surface area contributed by atoms with E-state index >= 15 is 0 Å². The number of ether oxygens (including phenoxy) is 1. The first-order valence-electron chi connectivity index (χ1n) is 9.12. The summed E-state index contributed by atoms with van der Waals surface area (Å²) < 4.78 is 32.6. The van der Waals surface area contributed by atoms with Crippen LogP contribution in [0.15, 0.2) is 58.3 Å². The van der Waals surface area contributed by atoms with Crippen molar-refractivity contribution in [1.82, 2.24) is 9.21 Å². The summed E-state index contributed by atoms with van der Waals surface area (Å²) in [5.74, 6) is 0.590. The smallest absolute Gasteiger partial charge is 0.255 e. The lowest BCUT2D eigenvalue weighted by molar-refractivity contribution is 0.0694. The van der Waals surface area contributed by atoms with Crippen molar-refractivity contribution in [1.29, 1.82) is 0 Å². The number of hydrogen-bond donors (Lipinski definition) is 0. The number of nitrogens with zero attached hydrogens (tertiary/aromatic N) is 2. The molecule has 28 heavy (non-hydrogen) atoms. The van der Waals surface area contributed by atoms with Crippen LogP contribution in [-0.4, -0.2) is 62.6 Å². The van der Waals surface area contributed by atoms with Crippen LogP contribution < -0.4 is 4.74 Å². The Balaban J connectivity index is 1.68. The van der Waals surface area contributed by atoms with Crippen molar-refractivity contribution in [2.75, 3.05) is 39.0 Å². The van der Waals surface area contributed by atoms with E-state index in [1.807, 2.05) is 37.4 Å². The molecule has 0 N–H and O–H groups in total. The van der Waals surface area contributed by atoms with E-state index in [1.54, 1.807) is 29.2 Å². The zero-order valence-electron chi connectivity index (χ0n) is 16.0. The summed E-state index contributed by atoms with van der Waals surface area (Å²) >= 11 is 1.53. The Bertz CT molecular complexity index is 921. The molecule has 1 aliphatic heterocycles. The monoisotopic (exact) mass is 420 g/mol. The van der Waals surface area contributed by atoms with Gasteiger partial charge in [-0.15, -0.1) is 11.8 Å². The molecule has 2 aromatic rings. The molecule has 1 heterocycles. The fraction of sp³-hybridized carbons (Fsp3) is 0.350. The maximum Gasteiger partial charge on any atom is 0.255 e. The van der Waals surface area contributed by atoms with Crippen LogP contribution in [0.5, 0.6) is 5.75 Å². The second-order valence-electron chi connectivity index (χ2n) is 6.30. The molecule has 6 nitrogen and oxygen atoms in total. The molecule has 1 fully saturated rings. The molecule has 150 valence electrons. The van der Waals surface area contributed by atoms with Gasteiger partial charge in [0.05, 0.1) is 17.1 Å². The molecule has 0 aromatic heterocycles. The average Bonchev–Trinajstić information content (AvgIpc) is 2.74. The van der Waals surface area contributed by atoms with Crippen LogP contribution in [0.25, 0.3) is 0 Å². The Morgan fingerprint density at radius 3 is 2.29 bits per heavy atom. The average molecular weight is 421 g/mol. The SMILES string of the molecule is CCOc1ccc(S(=O)(=O)N2CCN(C(=O)c3ccccc3SC)CC2)cc1. The normalized spacial score (nSPS) is 15.4. The first-order chi connectivity index (χ1) is 13.5. The van der Waals surface area contributed by atoms with Crippen LogP contribution in [-0.2, 0) is 10.0 Å². The molecule has 0 saturated carbocycles. The molecule has 8 heteroatoms. The molecule has 0 aliphatic carbocycles. The minimum absolute atomic E-state index is 0.0527. The number of carbonyl (C=O) groups is 1. The van der Waals surface area contributed by atoms with Gasteiger partial charge in [0.25, 0.3) is 5.91 Å². The molecule has 0 spiro atoms. The topological polar surface area (TPSA) is 66.9 Å². The van der Waals surface area contributed by atoms with Crippen molar-refractivity contribution in [3.05, 3.63) is 54.1 Å². The fourth-order valence-corrected chi connectivity index (χ4v) is 5.16. The van der Waals surface area contributed by atoms with E-state index in [2.05, 4.69) is 0 Å². The first kappa shape index (κ1) is 20.7. The summed E-state index contributed by atoms with van der Waals surface area (Å²) in [7, 11) is -3.58. The number of amides is 1. The molecular weight excluding hydrogens is 396 g/mol. The zero-order valence-corrected chi connectivity index (χ0v) is 17.6. The molecule has 1 amide bonds. The van der Waals surface area contributed by atoms with E-state index < -0.39 is 10.0 Å². The zero-order chi connectivity index (χ0) is 20.1. The predicted molar refractivity (Wildman–Crippen MR) is 110 cm³/mol. The highest BCUT2D eigenvalue weighted by molar-refractivity contribution is 7.98. The summed E-state index contributed by atoms with van der Waals surface area (Å²) in [5, 5.41) is 0. The predicted octanol–water partition coefficient (Wildman–Crippen LogP) is 2.95. The highest BCUT2D eigenvalue weighted by Crippen LogP contribution is 2.24. The van der Waals surface area contributed by atoms with Gasteiger partial charge in [-0.2, -0.15) is 4.31 Å². The van der Waals surface area contributed by atoms with E-state index in [0.717, 1.165) is 4.90 Å². The Labute approximate surface area is 170 Å². The van der Waals surface area contributed by atoms with Gasteiger partial charge >= 0.3 is 0 Å². The van der Waals surface area contributed by atoms with Crippen molar-refractivity contribution < 1.29 is 17.9 Å². The quantitative estimate of drug-likeness (QED) is 0.672. The third-order valence-corrected chi connectivity index (χ3v) is 7.34. The number of carbonyl (C=O) groups excluding carboxylic acids is 1. The van der Waals surface area contributed by atoms with Crippen LogP contribution in [0.3, 0.4) is 0 Å². The van der Waals surface area contributed by atoms with Crippen LogP contribution in [0, 0.1) is 0 Å². The molecule has 2 aromatic carbocycles. The number of rotatable bonds is 6. The third kappa shape index (κ3) is 4.34. The second kappa shape index (κ2) is 8.98. The van der Waals surface area contributed by atoms with Crippen LogP contribution in [0.2, 0.25) is 0 Å². The first-order valence-corrected chi connectivity index (χ1v) is 11.8. The lowest BCUT2D eigenvalue weighted by Crippen LogP contribution is -2.50. The van der Waals surface area contributed by atoms with Gasteiger partial charge in [0.2, 0.25) is 10.0 Å². The highest BCUT2D eigenvalue weighted by Gasteiger charge is 2.30. The molecule has 3 rings (SSSR count). The van der Waals surface area contributed by atoms with Gasteiger partial charge in [0.1, 0.15) is 5.75 Å². The standard InChI is InChI=1S/C20H24N2O4S2/c1-3-26-16-8-10-17(11-9-16)28(24,25)22-14-12-21(13-15-22)20(23)18-6-4-5-7-19(18)27-2/h4-11H,3,12-15H2,1-2H3. The summed E-state index contributed by atoms with van der Waals surface area (Å²) in [6.07, 6.45) is 1.94. The Kier molecular flexibility index (Phi) is 6.64. The third-order valence-electron chi connectivity index (χ3n) is 4.64. The van der Waals surface area contributed by atoms with E-state index in [4.69, 9.17) is 4.74 Å². The van der Waals surface area contributed by atoms with Crippen LogP contribution in [0.4, 0.5) is 0 Å². The summed E-state index contributed by atoms with van der Waals surface area (Å²) in [4.78, 5) is 15.7. The summed E-state index contributed by atoms with van der Waals surface area (Å²) in [5.41, 5.74) is 0.665. The van der Waals surface area contributed by atoms with Crippen LogP contribution >= 0.6 is 11.8 Å². The number of sulfonamides is 1. The largest absolute Gasteiger partial charge is 0.494 e. The second-order valence-corrected chi connectivity index (χ2v) is 9.09. The van der Waals surface area contributed by atoms with Crippen molar-refractivity contribution in [3.63, 3.8) is 0 Å². The van der Waals surface area contributed by atoms with Crippen molar-refractivity contribution in [3.8, 4) is 5.75 Å². The maximum atomic E-state index is 12.9. The molecule has 1 saturated heterocycles. The lowest BCUT2D eigenvalue weighted by atomic mass is 10.2. The minimum atomic E-state index is -3.58. The van der Waals surface area contributed by atoms with E-state index in [-0.39, 0.29) is 23.9 Å². The van der Waals surface area contributed by atoms with Gasteiger partial charge in [-0.1, -0.05) is 12.1 Å². The molecule has 0 bridgehead atoms. The Morgan fingerprint density at radius 2 is 1.68 bits per heavy atom. The molecule has 0 unspecified atom stereocenters. The summed E-state index contributed by atoms with van der Waals surface area (Å²) in [6.45, 7) is 3.71. The number of benzene rings is 2. The van der Waals surface area contributed by atoms with Gasteiger partial charge in [-0.25, -0.2) is 8.42 Å². The number of thioether (sulfide) groups is 1. The summed E-state index contributed by atoms with van der Waals surface area (Å²) in [6, 6.07) is 13.9. The number of piperazine rings is 1. The van der Waals surface area contributed by atoms with Gasteiger partial charge in [0.15, 0.2) is 0 Å². The minimum Gasteiger partial charge on any atom is -0.494 e. The molecule has 1 aliphatic rings. The van der Waals surface area contributed by atoms with E-state index in [1.165, 1.54) is 16.1 Å². The van der Waals surface area contributed by atoms with Crippen molar-refractivity contribution in [2.24, 2.45) is 0 Å². The Morgan fingerprint density at radius 1 is 1.04 bits per heavy atom. The van der Waals surface area contributed by atoms with E-state index in [9.17, 15) is 13.2 Å². The maximum absolute atomic E-state index is 12.9. The number of hydrogen-bond acceptors (Lipinski definition) is 5. The Hall–Kier alpha value is -2.03. The van der Waals surface area contributed by atoms with Gasteiger partial charge in [0, 0.05) is 31.1 Å². The van der Waals surface area contributed by atoms with Gasteiger partial charge in [-0.3, -0.25) is 4.79 Å². The van der Waals surface area contributed by atoms with Gasteiger partial charge in [-0.05, 0) is 49.6 Å². The van der Waals surface area contributed by atoms with Crippen LogP contribution in [0.1, 0.15) is 17.3 Å². The van der Waals surface area contributed by atoms with E-state index in [0.29, 0.717) is 31.0 Å². The fourth-order valence-electron chi connectivity index (χ4n) is 3.15. The molecule has 0 radical (unpaired) electrons. The highest BCUT2D eigenvalue weighted by atomic mass is 32.2. The molecular formula is C20H24N2O4S2. The lowest BCUT2D eigenvalue weighted by Gasteiger charge is -2.34. The van der Waals surface area contributed by atoms with Gasteiger partial charge < -0.3 is 9.64 Å². The van der Waals surface area contributed by atoms with Crippen molar-refractivity contribution >= 4 is 27.7 Å². The van der Waals surface area contributed by atoms with Crippen molar-refractivity contribution in [2.45, 2.75) is 16.7 Å². The molecule has 0 atom stereocenters.